The Morgan fingerprint density at radius 1 is 1.17 bits per heavy atom. The Morgan fingerprint density at radius 3 is 2.63 bits per heavy atom. The van der Waals surface area contributed by atoms with Crippen molar-refractivity contribution in [3.63, 3.8) is 0 Å². The third-order valence-electron chi connectivity index (χ3n) is 4.51. The molecule has 0 spiro atoms. The highest BCUT2D eigenvalue weighted by atomic mass is 32.2. The number of nitrogens with one attached hydrogen (secondary N) is 2. The van der Waals surface area contributed by atoms with Gasteiger partial charge in [-0.25, -0.2) is 9.37 Å². The molecule has 2 heterocycles. The Hall–Kier alpha value is -3.39. The van der Waals surface area contributed by atoms with Gasteiger partial charge in [-0.2, -0.15) is 0 Å². The number of hydrogen-bond donors (Lipinski definition) is 2. The highest BCUT2D eigenvalue weighted by Gasteiger charge is 2.16. The van der Waals surface area contributed by atoms with Crippen LogP contribution in [-0.4, -0.2) is 26.2 Å². The van der Waals surface area contributed by atoms with Crippen molar-refractivity contribution in [3.05, 3.63) is 88.1 Å². The van der Waals surface area contributed by atoms with Crippen molar-refractivity contribution in [1.29, 1.82) is 0 Å². The van der Waals surface area contributed by atoms with Gasteiger partial charge in [-0.15, -0.1) is 0 Å². The Labute approximate surface area is 176 Å². The fraction of sp³-hybridized carbons (Fsp3) is 0.136. The van der Waals surface area contributed by atoms with Crippen LogP contribution in [0.3, 0.4) is 0 Å². The Balaban J connectivity index is 1.60. The van der Waals surface area contributed by atoms with E-state index >= 15 is 0 Å². The molecule has 4 rings (SSSR count). The third-order valence-corrected chi connectivity index (χ3v) is 5.44. The van der Waals surface area contributed by atoms with Crippen LogP contribution in [0.1, 0.15) is 11.3 Å². The number of aryl methyl sites for hydroxylation is 1. The van der Waals surface area contributed by atoms with E-state index in [0.29, 0.717) is 28.4 Å². The van der Waals surface area contributed by atoms with Crippen molar-refractivity contribution in [3.8, 4) is 5.69 Å². The van der Waals surface area contributed by atoms with Gasteiger partial charge in [0.2, 0.25) is 5.91 Å². The molecule has 0 aliphatic heterocycles. The summed E-state index contributed by atoms with van der Waals surface area (Å²) in [5.41, 5.74) is 2.89. The summed E-state index contributed by atoms with van der Waals surface area (Å²) in [6.45, 7) is 2.27. The number of rotatable bonds is 6. The molecule has 0 bridgehead atoms. The molecule has 8 heteroatoms. The lowest BCUT2D eigenvalue weighted by atomic mass is 10.2. The highest BCUT2D eigenvalue weighted by Crippen LogP contribution is 2.22. The zero-order chi connectivity index (χ0) is 21.1. The van der Waals surface area contributed by atoms with Gasteiger partial charge < -0.3 is 10.3 Å². The van der Waals surface area contributed by atoms with E-state index in [4.69, 9.17) is 0 Å². The van der Waals surface area contributed by atoms with E-state index in [9.17, 15) is 14.0 Å². The van der Waals surface area contributed by atoms with Crippen molar-refractivity contribution in [2.45, 2.75) is 18.6 Å². The molecule has 2 aromatic carbocycles. The summed E-state index contributed by atoms with van der Waals surface area (Å²) in [5, 5.41) is 3.23. The minimum absolute atomic E-state index is 0.0926. The molecule has 0 saturated carbocycles. The number of thioether (sulfide) groups is 1. The second kappa shape index (κ2) is 8.54. The lowest BCUT2D eigenvalue weighted by Crippen LogP contribution is -2.26. The number of aromatic amines is 1. The molecule has 30 heavy (non-hydrogen) atoms. The molecule has 0 radical (unpaired) electrons. The zero-order valence-electron chi connectivity index (χ0n) is 16.2. The topological polar surface area (TPSA) is 79.8 Å². The van der Waals surface area contributed by atoms with Gasteiger partial charge >= 0.3 is 0 Å². The predicted molar refractivity (Wildman–Crippen MR) is 115 cm³/mol. The largest absolute Gasteiger partial charge is 0.353 e. The number of nitrogens with zero attached hydrogens (tertiary/aromatic N) is 2. The van der Waals surface area contributed by atoms with E-state index in [1.807, 2.05) is 37.3 Å². The van der Waals surface area contributed by atoms with Crippen molar-refractivity contribution in [2.24, 2.45) is 0 Å². The maximum absolute atomic E-state index is 13.4. The molecule has 4 aromatic rings. The molecule has 0 unspecified atom stereocenters. The minimum atomic E-state index is -0.397. The van der Waals surface area contributed by atoms with Gasteiger partial charge in [0.05, 0.1) is 17.0 Å². The molecule has 0 atom stereocenters. The number of carbonyl (C=O) groups excluding carboxylic acids is 1. The van der Waals surface area contributed by atoms with Crippen LogP contribution in [0.15, 0.2) is 70.6 Å². The fourth-order valence-corrected chi connectivity index (χ4v) is 3.91. The molecule has 2 N–H and O–H groups in total. The highest BCUT2D eigenvalue weighted by molar-refractivity contribution is 7.99. The number of fused-ring (bicyclic) bond motifs is 1. The summed E-state index contributed by atoms with van der Waals surface area (Å²) in [7, 11) is 0. The Bertz CT molecular complexity index is 1250. The van der Waals surface area contributed by atoms with Gasteiger partial charge in [0.25, 0.3) is 5.56 Å². The van der Waals surface area contributed by atoms with Crippen LogP contribution in [0.4, 0.5) is 4.39 Å². The van der Waals surface area contributed by atoms with Crippen molar-refractivity contribution >= 4 is 28.7 Å². The Kier molecular flexibility index (Phi) is 5.67. The van der Waals surface area contributed by atoms with E-state index in [2.05, 4.69) is 15.3 Å². The van der Waals surface area contributed by atoms with Crippen LogP contribution in [0.2, 0.25) is 0 Å². The number of H-pyrrole nitrogens is 1. The van der Waals surface area contributed by atoms with E-state index in [1.54, 1.807) is 6.07 Å². The Morgan fingerprint density at radius 2 is 1.90 bits per heavy atom. The second-order valence-corrected chi connectivity index (χ2v) is 7.72. The fourth-order valence-electron chi connectivity index (χ4n) is 3.07. The number of carbonyl (C=O) groups is 1. The van der Waals surface area contributed by atoms with Gasteiger partial charge in [0.15, 0.2) is 5.16 Å². The van der Waals surface area contributed by atoms with E-state index in [1.165, 1.54) is 28.8 Å². The first kappa shape index (κ1) is 19.9. The molecular formula is C22H19FN4O2S. The molecule has 1 amide bonds. The third kappa shape index (κ3) is 4.28. The van der Waals surface area contributed by atoms with E-state index in [-0.39, 0.29) is 17.2 Å². The van der Waals surface area contributed by atoms with Crippen LogP contribution in [0.25, 0.3) is 16.7 Å². The van der Waals surface area contributed by atoms with Crippen molar-refractivity contribution < 1.29 is 9.18 Å². The maximum Gasteiger partial charge on any atom is 0.283 e. The summed E-state index contributed by atoms with van der Waals surface area (Å²) in [5.74, 6) is -0.477. The van der Waals surface area contributed by atoms with Crippen LogP contribution in [-0.2, 0) is 11.3 Å². The van der Waals surface area contributed by atoms with Crippen molar-refractivity contribution in [2.75, 3.05) is 5.75 Å². The molecule has 0 fully saturated rings. The standard InChI is InChI=1S/C22H19FN4O2S/c1-14-11-18-20(25-14)21(29)27(17-9-7-16(23)8-10-17)22(26-18)30-13-19(28)24-12-15-5-3-2-4-6-15/h2-11,25H,12-13H2,1H3,(H,24,28). The molecule has 6 nitrogen and oxygen atoms in total. The zero-order valence-corrected chi connectivity index (χ0v) is 17.0. The molecule has 2 aromatic heterocycles. The predicted octanol–water partition coefficient (Wildman–Crippen LogP) is 3.57. The first-order chi connectivity index (χ1) is 14.5. The molecule has 0 aliphatic carbocycles. The smallest absolute Gasteiger partial charge is 0.283 e. The van der Waals surface area contributed by atoms with E-state index in [0.717, 1.165) is 23.0 Å². The normalized spacial score (nSPS) is 11.0. The molecule has 0 saturated heterocycles. The van der Waals surface area contributed by atoms with Gasteiger partial charge in [-0.3, -0.25) is 14.2 Å². The molecule has 152 valence electrons. The van der Waals surface area contributed by atoms with Gasteiger partial charge in [-0.1, -0.05) is 42.1 Å². The monoisotopic (exact) mass is 422 g/mol. The van der Waals surface area contributed by atoms with Crippen LogP contribution in [0.5, 0.6) is 0 Å². The summed E-state index contributed by atoms with van der Waals surface area (Å²) >= 11 is 1.16. The van der Waals surface area contributed by atoms with Crippen molar-refractivity contribution in [1.82, 2.24) is 19.9 Å². The minimum Gasteiger partial charge on any atom is -0.353 e. The summed E-state index contributed by atoms with van der Waals surface area (Å²) < 4.78 is 14.8. The summed E-state index contributed by atoms with van der Waals surface area (Å²) in [6, 6.07) is 17.0. The maximum atomic E-state index is 13.4. The first-order valence-corrected chi connectivity index (χ1v) is 10.3. The average Bonchev–Trinajstić information content (AvgIpc) is 3.13. The van der Waals surface area contributed by atoms with Gasteiger partial charge in [0, 0.05) is 12.2 Å². The first-order valence-electron chi connectivity index (χ1n) is 9.33. The lowest BCUT2D eigenvalue weighted by Gasteiger charge is -2.12. The second-order valence-electron chi connectivity index (χ2n) is 6.77. The molecule has 0 aliphatic rings. The quantitative estimate of drug-likeness (QED) is 0.368. The lowest BCUT2D eigenvalue weighted by molar-refractivity contribution is -0.118. The number of amides is 1. The number of halogens is 1. The van der Waals surface area contributed by atoms with Crippen LogP contribution >= 0.6 is 11.8 Å². The molecular weight excluding hydrogens is 403 g/mol. The van der Waals surface area contributed by atoms with Crippen LogP contribution in [0, 0.1) is 12.7 Å². The van der Waals surface area contributed by atoms with E-state index < -0.39 is 5.82 Å². The average molecular weight is 422 g/mol. The summed E-state index contributed by atoms with van der Waals surface area (Å²) in [4.78, 5) is 33.0. The SMILES string of the molecule is Cc1cc2nc(SCC(=O)NCc3ccccc3)n(-c3ccc(F)cc3)c(=O)c2[nH]1. The number of hydrogen-bond acceptors (Lipinski definition) is 4. The number of aromatic nitrogens is 3. The number of benzene rings is 2. The van der Waals surface area contributed by atoms with Gasteiger partial charge in [-0.05, 0) is 42.8 Å². The summed E-state index contributed by atoms with van der Waals surface area (Å²) in [6.07, 6.45) is 0. The van der Waals surface area contributed by atoms with Crippen LogP contribution < -0.4 is 10.9 Å². The van der Waals surface area contributed by atoms with Gasteiger partial charge in [0.1, 0.15) is 11.3 Å².